The van der Waals surface area contributed by atoms with Crippen LogP contribution >= 0.6 is 0 Å². The smallest absolute Gasteiger partial charge is 0.240 e. The molecule has 5 rings (SSSR count). The number of hydrogen-bond acceptors (Lipinski definition) is 4. The van der Waals surface area contributed by atoms with Crippen LogP contribution < -0.4 is 10.2 Å². The summed E-state index contributed by atoms with van der Waals surface area (Å²) in [5.41, 5.74) is 7.00. The Morgan fingerprint density at radius 2 is 1.39 bits per heavy atom. The van der Waals surface area contributed by atoms with Crippen LogP contribution in [0.5, 0.6) is 11.5 Å². The quantitative estimate of drug-likeness (QED) is 0.141. The predicted octanol–water partition coefficient (Wildman–Crippen LogP) is 8.96. The fraction of sp³-hybridized carbons (Fsp3) is 0.282. The number of phenolic OH excluding ortho intramolecular Hbond substituents is 1. The van der Waals surface area contributed by atoms with Crippen LogP contribution in [0.4, 0.5) is 0 Å². The van der Waals surface area contributed by atoms with Crippen molar-refractivity contribution in [1.29, 1.82) is 0 Å². The molecular formula is C39H42N2O3. The van der Waals surface area contributed by atoms with Gasteiger partial charge in [-0.2, -0.15) is 5.10 Å². The van der Waals surface area contributed by atoms with E-state index in [1.165, 1.54) is 5.39 Å². The lowest BCUT2D eigenvalue weighted by Crippen LogP contribution is -2.20. The van der Waals surface area contributed by atoms with Gasteiger partial charge in [0.1, 0.15) is 18.1 Å². The molecule has 5 nitrogen and oxygen atoms in total. The summed E-state index contributed by atoms with van der Waals surface area (Å²) in [4.78, 5) is 12.9. The number of hydrogen-bond donors (Lipinski definition) is 2. The molecule has 0 radical (unpaired) electrons. The molecular weight excluding hydrogens is 544 g/mol. The van der Waals surface area contributed by atoms with Gasteiger partial charge in [-0.25, -0.2) is 5.43 Å². The van der Waals surface area contributed by atoms with E-state index in [4.69, 9.17) is 4.74 Å². The molecule has 0 saturated heterocycles. The molecule has 44 heavy (non-hydrogen) atoms. The standard InChI is InChI=1S/C39H42N2O3/c1-38(2,3)33-22-26(23-34(37(33)43)39(4,5)6)18-21-36(42)41-40-24-32-31-17-10-8-13-28(31)19-20-35(32)44-25-29-15-11-14-27-12-7-9-16-30(27)29/h7-17,19-20,22-24,43H,18,21,25H2,1-6H3,(H,41,42)/b40-24-. The SMILES string of the molecule is CC(C)(C)c1cc(CCC(=O)N/N=C\c2c(OCc3cccc4ccccc34)ccc3ccccc23)cc(C(C)(C)C)c1O. The number of ether oxygens (including phenoxy) is 1. The zero-order valence-corrected chi connectivity index (χ0v) is 26.6. The van der Waals surface area contributed by atoms with Crippen molar-refractivity contribution in [3.63, 3.8) is 0 Å². The summed E-state index contributed by atoms with van der Waals surface area (Å²) in [6.45, 7) is 13.0. The van der Waals surface area contributed by atoms with Crippen LogP contribution in [0, 0.1) is 0 Å². The Hall–Kier alpha value is -4.64. The third-order valence-electron chi connectivity index (χ3n) is 8.00. The zero-order chi connectivity index (χ0) is 31.5. The molecule has 0 aromatic heterocycles. The number of benzene rings is 5. The maximum Gasteiger partial charge on any atom is 0.240 e. The van der Waals surface area contributed by atoms with Gasteiger partial charge in [-0.15, -0.1) is 0 Å². The minimum absolute atomic E-state index is 0.178. The average Bonchev–Trinajstić information content (AvgIpc) is 2.98. The Morgan fingerprint density at radius 1 is 0.795 bits per heavy atom. The lowest BCUT2D eigenvalue weighted by atomic mass is 9.78. The van der Waals surface area contributed by atoms with Gasteiger partial charge in [-0.3, -0.25) is 4.79 Å². The van der Waals surface area contributed by atoms with Crippen LogP contribution in [0.25, 0.3) is 21.5 Å². The van der Waals surface area contributed by atoms with E-state index in [-0.39, 0.29) is 23.2 Å². The van der Waals surface area contributed by atoms with E-state index in [1.54, 1.807) is 6.21 Å². The van der Waals surface area contributed by atoms with Gasteiger partial charge in [0.2, 0.25) is 5.91 Å². The molecule has 0 aliphatic carbocycles. The van der Waals surface area contributed by atoms with Crippen molar-refractivity contribution in [3.8, 4) is 11.5 Å². The number of rotatable bonds is 8. The zero-order valence-electron chi connectivity index (χ0n) is 26.6. The molecule has 1 amide bonds. The minimum atomic E-state index is -0.224. The Kier molecular flexibility index (Phi) is 8.78. The van der Waals surface area contributed by atoms with Crippen molar-refractivity contribution in [1.82, 2.24) is 5.43 Å². The van der Waals surface area contributed by atoms with Crippen molar-refractivity contribution in [2.75, 3.05) is 0 Å². The van der Waals surface area contributed by atoms with E-state index < -0.39 is 0 Å². The van der Waals surface area contributed by atoms with Gasteiger partial charge in [0.05, 0.1) is 6.21 Å². The fourth-order valence-corrected chi connectivity index (χ4v) is 5.57. The highest BCUT2D eigenvalue weighted by Crippen LogP contribution is 2.40. The maximum absolute atomic E-state index is 12.9. The molecule has 0 heterocycles. The van der Waals surface area contributed by atoms with Crippen LogP contribution in [0.2, 0.25) is 0 Å². The first-order valence-electron chi connectivity index (χ1n) is 15.2. The predicted molar refractivity (Wildman–Crippen MR) is 182 cm³/mol. The highest BCUT2D eigenvalue weighted by Gasteiger charge is 2.26. The first-order chi connectivity index (χ1) is 20.9. The Bertz CT molecular complexity index is 1800. The van der Waals surface area contributed by atoms with Crippen LogP contribution in [0.15, 0.2) is 96.1 Å². The number of phenols is 1. The first-order valence-corrected chi connectivity index (χ1v) is 15.2. The minimum Gasteiger partial charge on any atom is -0.507 e. The number of aromatic hydroxyl groups is 1. The van der Waals surface area contributed by atoms with Crippen LogP contribution in [-0.4, -0.2) is 17.2 Å². The number of amides is 1. The molecule has 0 aliphatic heterocycles. The summed E-state index contributed by atoms with van der Waals surface area (Å²) in [5, 5.41) is 19.8. The molecule has 5 aromatic carbocycles. The summed E-state index contributed by atoms with van der Waals surface area (Å²) in [7, 11) is 0. The molecule has 2 N–H and O–H groups in total. The lowest BCUT2D eigenvalue weighted by Gasteiger charge is -2.28. The average molecular weight is 587 g/mol. The van der Waals surface area contributed by atoms with Gasteiger partial charge in [-0.05, 0) is 67.1 Å². The van der Waals surface area contributed by atoms with Gasteiger partial charge in [0.25, 0.3) is 0 Å². The third-order valence-corrected chi connectivity index (χ3v) is 8.00. The molecule has 0 unspecified atom stereocenters. The van der Waals surface area contributed by atoms with E-state index in [0.717, 1.165) is 44.0 Å². The Labute approximate surface area is 260 Å². The molecule has 5 aromatic rings. The van der Waals surface area contributed by atoms with Crippen molar-refractivity contribution in [2.24, 2.45) is 5.10 Å². The van der Waals surface area contributed by atoms with Crippen molar-refractivity contribution in [2.45, 2.75) is 71.8 Å². The van der Waals surface area contributed by atoms with Crippen molar-refractivity contribution in [3.05, 3.63) is 119 Å². The molecule has 0 fully saturated rings. The summed E-state index contributed by atoms with van der Waals surface area (Å²) in [5.74, 6) is 0.863. The van der Waals surface area contributed by atoms with Crippen molar-refractivity contribution >= 4 is 33.7 Å². The van der Waals surface area contributed by atoms with Gasteiger partial charge in [0.15, 0.2) is 0 Å². The molecule has 0 spiro atoms. The summed E-state index contributed by atoms with van der Waals surface area (Å²) in [6, 6.07) is 30.6. The normalized spacial score (nSPS) is 12.2. The van der Waals surface area contributed by atoms with Crippen LogP contribution in [-0.2, 0) is 28.7 Å². The third kappa shape index (κ3) is 6.94. The number of nitrogens with zero attached hydrogens (tertiary/aromatic N) is 1. The Balaban J connectivity index is 1.33. The monoisotopic (exact) mass is 586 g/mol. The van der Waals surface area contributed by atoms with Crippen molar-refractivity contribution < 1.29 is 14.6 Å². The van der Waals surface area contributed by atoms with E-state index in [2.05, 4.69) is 82.4 Å². The first kappa shape index (κ1) is 30.8. The number of fused-ring (bicyclic) bond motifs is 2. The highest BCUT2D eigenvalue weighted by molar-refractivity contribution is 6.02. The fourth-order valence-electron chi connectivity index (χ4n) is 5.57. The van der Waals surface area contributed by atoms with E-state index in [9.17, 15) is 9.90 Å². The second-order valence-corrected chi connectivity index (χ2v) is 13.5. The number of carbonyl (C=O) groups is 1. The lowest BCUT2D eigenvalue weighted by molar-refractivity contribution is -0.121. The second-order valence-electron chi connectivity index (χ2n) is 13.5. The topological polar surface area (TPSA) is 70.9 Å². The van der Waals surface area contributed by atoms with Gasteiger partial charge in [-0.1, -0.05) is 126 Å². The molecule has 0 aliphatic rings. The number of aryl methyl sites for hydroxylation is 1. The van der Waals surface area contributed by atoms with Gasteiger partial charge >= 0.3 is 0 Å². The summed E-state index contributed by atoms with van der Waals surface area (Å²) >= 11 is 0. The Morgan fingerprint density at radius 3 is 2.05 bits per heavy atom. The highest BCUT2D eigenvalue weighted by atomic mass is 16.5. The van der Waals surface area contributed by atoms with Gasteiger partial charge in [0, 0.05) is 12.0 Å². The van der Waals surface area contributed by atoms with E-state index >= 15 is 0 Å². The summed E-state index contributed by atoms with van der Waals surface area (Å²) in [6.07, 6.45) is 2.49. The molecule has 0 atom stereocenters. The van der Waals surface area contributed by atoms with E-state index in [1.807, 2.05) is 60.7 Å². The van der Waals surface area contributed by atoms with E-state index in [0.29, 0.717) is 24.5 Å². The molecule has 0 saturated carbocycles. The maximum atomic E-state index is 12.9. The number of hydrazone groups is 1. The van der Waals surface area contributed by atoms with Gasteiger partial charge < -0.3 is 9.84 Å². The second kappa shape index (κ2) is 12.5. The number of carbonyl (C=O) groups excluding carboxylic acids is 1. The molecule has 5 heteroatoms. The molecule has 226 valence electrons. The molecule has 0 bridgehead atoms. The van der Waals surface area contributed by atoms with Crippen LogP contribution in [0.1, 0.15) is 75.8 Å². The largest absolute Gasteiger partial charge is 0.507 e. The van der Waals surface area contributed by atoms with Crippen LogP contribution in [0.3, 0.4) is 0 Å². The summed E-state index contributed by atoms with van der Waals surface area (Å²) < 4.78 is 6.36. The number of nitrogens with one attached hydrogen (secondary N) is 1.